The molecule has 0 N–H and O–H groups in total. The average Bonchev–Trinajstić information content (AvgIpc) is 2.43. The Labute approximate surface area is 128 Å². The maximum atomic E-state index is 11.5. The van der Waals surface area contributed by atoms with Gasteiger partial charge in [-0.05, 0) is 59.7 Å². The average molecular weight is 373 g/mol. The van der Waals surface area contributed by atoms with Crippen molar-refractivity contribution < 1.29 is 9.53 Å². The van der Waals surface area contributed by atoms with Crippen LogP contribution in [0.2, 0.25) is 0 Å². The summed E-state index contributed by atoms with van der Waals surface area (Å²) >= 11 is 2.32. The fourth-order valence-corrected chi connectivity index (χ4v) is 2.96. The minimum Gasteiger partial charge on any atom is -0.469 e. The SMILES string of the molecule is COC(=O)CC1CCCCN1Cc1ccc(I)cc1. The first-order valence-corrected chi connectivity index (χ1v) is 7.82. The van der Waals surface area contributed by atoms with Crippen molar-refractivity contribution in [1.29, 1.82) is 0 Å². The smallest absolute Gasteiger partial charge is 0.307 e. The molecule has 1 aliphatic rings. The molecule has 1 aliphatic heterocycles. The summed E-state index contributed by atoms with van der Waals surface area (Å²) in [5.74, 6) is -0.0977. The fourth-order valence-electron chi connectivity index (χ4n) is 2.60. The predicted molar refractivity (Wildman–Crippen MR) is 83.8 cm³/mol. The van der Waals surface area contributed by atoms with E-state index >= 15 is 0 Å². The first-order chi connectivity index (χ1) is 9.19. The number of carbonyl (C=O) groups excluding carboxylic acids is 1. The van der Waals surface area contributed by atoms with E-state index in [9.17, 15) is 4.79 Å². The van der Waals surface area contributed by atoms with Crippen LogP contribution < -0.4 is 0 Å². The third kappa shape index (κ3) is 4.45. The summed E-state index contributed by atoms with van der Waals surface area (Å²) in [5, 5.41) is 0. The zero-order valence-electron chi connectivity index (χ0n) is 11.3. The van der Waals surface area contributed by atoms with Gasteiger partial charge in [-0.25, -0.2) is 0 Å². The number of rotatable bonds is 4. The lowest BCUT2D eigenvalue weighted by molar-refractivity contribution is -0.142. The van der Waals surface area contributed by atoms with E-state index < -0.39 is 0 Å². The van der Waals surface area contributed by atoms with Gasteiger partial charge in [0.25, 0.3) is 0 Å². The molecule has 0 amide bonds. The molecule has 1 fully saturated rings. The van der Waals surface area contributed by atoms with Gasteiger partial charge in [-0.15, -0.1) is 0 Å². The van der Waals surface area contributed by atoms with E-state index in [2.05, 4.69) is 51.8 Å². The second kappa shape index (κ2) is 7.24. The van der Waals surface area contributed by atoms with Crippen LogP contribution in [0.5, 0.6) is 0 Å². The minimum atomic E-state index is -0.0977. The summed E-state index contributed by atoms with van der Waals surface area (Å²) in [6.45, 7) is 2.01. The molecule has 0 aliphatic carbocycles. The lowest BCUT2D eigenvalue weighted by Gasteiger charge is -2.35. The second-order valence-electron chi connectivity index (χ2n) is 5.03. The Morgan fingerprint density at radius 3 is 2.79 bits per heavy atom. The second-order valence-corrected chi connectivity index (χ2v) is 6.27. The molecule has 0 bridgehead atoms. The Kier molecular flexibility index (Phi) is 5.63. The summed E-state index contributed by atoms with van der Waals surface area (Å²) in [6, 6.07) is 8.95. The van der Waals surface area contributed by atoms with Crippen molar-refractivity contribution >= 4 is 28.6 Å². The maximum Gasteiger partial charge on any atom is 0.307 e. The predicted octanol–water partition coefficient (Wildman–Crippen LogP) is 3.21. The lowest BCUT2D eigenvalue weighted by atomic mass is 9.98. The van der Waals surface area contributed by atoms with E-state index in [1.54, 1.807) is 0 Å². The number of ether oxygens (including phenoxy) is 1. The van der Waals surface area contributed by atoms with E-state index in [0.717, 1.165) is 19.5 Å². The highest BCUT2D eigenvalue weighted by Crippen LogP contribution is 2.22. The Morgan fingerprint density at radius 2 is 2.11 bits per heavy atom. The molecular formula is C15H20INO2. The number of esters is 1. The molecule has 4 heteroatoms. The molecule has 1 aromatic rings. The normalized spacial score (nSPS) is 20.2. The highest BCUT2D eigenvalue weighted by atomic mass is 127. The van der Waals surface area contributed by atoms with Crippen LogP contribution >= 0.6 is 22.6 Å². The van der Waals surface area contributed by atoms with Crippen LogP contribution in [0.25, 0.3) is 0 Å². The number of hydrogen-bond acceptors (Lipinski definition) is 3. The Bertz CT molecular complexity index is 419. The van der Waals surface area contributed by atoms with Crippen molar-refractivity contribution in [3.05, 3.63) is 33.4 Å². The third-order valence-electron chi connectivity index (χ3n) is 3.68. The first-order valence-electron chi connectivity index (χ1n) is 6.74. The van der Waals surface area contributed by atoms with Crippen LogP contribution in [0.4, 0.5) is 0 Å². The van der Waals surface area contributed by atoms with Crippen LogP contribution in [0.15, 0.2) is 24.3 Å². The van der Waals surface area contributed by atoms with Crippen LogP contribution in [0, 0.1) is 3.57 Å². The zero-order valence-corrected chi connectivity index (χ0v) is 13.4. The number of carbonyl (C=O) groups is 1. The van der Waals surface area contributed by atoms with Gasteiger partial charge in [0.05, 0.1) is 13.5 Å². The van der Waals surface area contributed by atoms with E-state index in [-0.39, 0.29) is 5.97 Å². The first kappa shape index (κ1) is 14.8. The molecular weight excluding hydrogens is 353 g/mol. The van der Waals surface area contributed by atoms with Crippen molar-refractivity contribution in [3.8, 4) is 0 Å². The molecule has 0 saturated carbocycles. The van der Waals surface area contributed by atoms with Crippen LogP contribution in [-0.4, -0.2) is 30.6 Å². The van der Waals surface area contributed by atoms with Crippen molar-refractivity contribution in [2.75, 3.05) is 13.7 Å². The monoisotopic (exact) mass is 373 g/mol. The number of benzene rings is 1. The molecule has 0 spiro atoms. The van der Waals surface area contributed by atoms with Gasteiger partial charge in [-0.2, -0.15) is 0 Å². The van der Waals surface area contributed by atoms with Crippen molar-refractivity contribution in [3.63, 3.8) is 0 Å². The number of methoxy groups -OCH3 is 1. The Morgan fingerprint density at radius 1 is 1.37 bits per heavy atom. The minimum absolute atomic E-state index is 0.0977. The molecule has 1 aromatic carbocycles. The van der Waals surface area contributed by atoms with Gasteiger partial charge in [0.15, 0.2) is 0 Å². The van der Waals surface area contributed by atoms with Gasteiger partial charge in [-0.3, -0.25) is 9.69 Å². The molecule has 104 valence electrons. The largest absolute Gasteiger partial charge is 0.469 e. The van der Waals surface area contributed by atoms with Crippen molar-refractivity contribution in [1.82, 2.24) is 4.90 Å². The molecule has 1 unspecified atom stereocenters. The molecule has 3 nitrogen and oxygen atoms in total. The highest BCUT2D eigenvalue weighted by Gasteiger charge is 2.24. The van der Waals surface area contributed by atoms with E-state index in [1.807, 2.05) is 0 Å². The lowest BCUT2D eigenvalue weighted by Crippen LogP contribution is -2.40. The topological polar surface area (TPSA) is 29.5 Å². The molecule has 1 saturated heterocycles. The number of hydrogen-bond donors (Lipinski definition) is 0. The summed E-state index contributed by atoms with van der Waals surface area (Å²) in [5.41, 5.74) is 1.32. The molecule has 1 heterocycles. The fraction of sp³-hybridized carbons (Fsp3) is 0.533. The number of likely N-dealkylation sites (tertiary alicyclic amines) is 1. The van der Waals surface area contributed by atoms with E-state index in [4.69, 9.17) is 4.74 Å². The number of piperidine rings is 1. The van der Waals surface area contributed by atoms with Gasteiger partial charge in [-0.1, -0.05) is 18.6 Å². The van der Waals surface area contributed by atoms with Crippen LogP contribution in [0.3, 0.4) is 0 Å². The molecule has 1 atom stereocenters. The summed E-state index contributed by atoms with van der Waals surface area (Å²) in [6.07, 6.45) is 4.05. The van der Waals surface area contributed by atoms with Crippen LogP contribution in [-0.2, 0) is 16.1 Å². The van der Waals surface area contributed by atoms with E-state index in [0.29, 0.717) is 12.5 Å². The van der Waals surface area contributed by atoms with Crippen molar-refractivity contribution in [2.24, 2.45) is 0 Å². The molecule has 2 rings (SSSR count). The molecule has 0 aromatic heterocycles. The maximum absolute atomic E-state index is 11.5. The standard InChI is InChI=1S/C15H20INO2/c1-19-15(18)10-14-4-2-3-9-17(14)11-12-5-7-13(16)8-6-12/h5-8,14H,2-4,9-11H2,1H3. The Hall–Kier alpha value is -0.620. The van der Waals surface area contributed by atoms with Crippen LogP contribution in [0.1, 0.15) is 31.2 Å². The summed E-state index contributed by atoms with van der Waals surface area (Å²) in [7, 11) is 1.47. The number of nitrogens with zero attached hydrogens (tertiary/aromatic N) is 1. The van der Waals surface area contributed by atoms with Gasteiger partial charge < -0.3 is 4.74 Å². The quantitative estimate of drug-likeness (QED) is 0.600. The van der Waals surface area contributed by atoms with Crippen molar-refractivity contribution in [2.45, 2.75) is 38.3 Å². The zero-order chi connectivity index (χ0) is 13.7. The summed E-state index contributed by atoms with van der Waals surface area (Å²) < 4.78 is 6.06. The molecule has 19 heavy (non-hydrogen) atoms. The third-order valence-corrected chi connectivity index (χ3v) is 4.40. The number of halogens is 1. The summed E-state index contributed by atoms with van der Waals surface area (Å²) in [4.78, 5) is 13.9. The van der Waals surface area contributed by atoms with Gasteiger partial charge >= 0.3 is 5.97 Å². The van der Waals surface area contributed by atoms with Gasteiger partial charge in [0.1, 0.15) is 0 Å². The van der Waals surface area contributed by atoms with Gasteiger partial charge in [0, 0.05) is 16.2 Å². The molecule has 0 radical (unpaired) electrons. The van der Waals surface area contributed by atoms with Gasteiger partial charge in [0.2, 0.25) is 0 Å². The Balaban J connectivity index is 1.99. The highest BCUT2D eigenvalue weighted by molar-refractivity contribution is 14.1. The van der Waals surface area contributed by atoms with E-state index in [1.165, 1.54) is 29.1 Å².